The molecule has 11 heteroatoms. The molecule has 4 rings (SSSR count). The van der Waals surface area contributed by atoms with Crippen molar-refractivity contribution in [3.8, 4) is 5.75 Å². The number of nitrogens with two attached hydrogens (primary N) is 1. The first-order chi connectivity index (χ1) is 18.5. The maximum Gasteiger partial charge on any atom is 0.222 e. The molecule has 1 saturated heterocycles. The van der Waals surface area contributed by atoms with Crippen LogP contribution >= 0.6 is 0 Å². The number of benzene rings is 1. The first kappa shape index (κ1) is 28.0. The summed E-state index contributed by atoms with van der Waals surface area (Å²) in [6, 6.07) is 3.61. The number of aliphatic hydroxyl groups is 1. The Hall–Kier alpha value is -3.02. The molecule has 0 bridgehead atoms. The number of piperidine rings is 1. The molecule has 1 aliphatic heterocycles. The van der Waals surface area contributed by atoms with Gasteiger partial charge in [-0.2, -0.15) is 10.1 Å². The molecule has 0 spiro atoms. The molecular weight excluding hydrogens is 489 g/mol. The summed E-state index contributed by atoms with van der Waals surface area (Å²) >= 11 is 0. The van der Waals surface area contributed by atoms with E-state index in [-0.39, 0.29) is 24.9 Å². The number of hydrogen-bond donors (Lipinski definition) is 2. The first-order valence-electron chi connectivity index (χ1n) is 13.4. The number of rotatable bonds is 13. The molecule has 0 amide bonds. The number of fused-ring (bicyclic) bond motifs is 1. The van der Waals surface area contributed by atoms with Gasteiger partial charge in [0.25, 0.3) is 0 Å². The van der Waals surface area contributed by atoms with Crippen LogP contribution in [0.3, 0.4) is 0 Å². The highest BCUT2D eigenvalue weighted by Gasteiger charge is 2.24. The highest BCUT2D eigenvalue weighted by Crippen LogP contribution is 2.34. The lowest BCUT2D eigenvalue weighted by Gasteiger charge is -2.32. The van der Waals surface area contributed by atoms with E-state index >= 15 is 4.39 Å². The molecule has 10 nitrogen and oxygen atoms in total. The van der Waals surface area contributed by atoms with Crippen LogP contribution in [-0.2, 0) is 11.3 Å². The van der Waals surface area contributed by atoms with Crippen molar-refractivity contribution in [1.29, 1.82) is 0 Å². The van der Waals surface area contributed by atoms with Gasteiger partial charge >= 0.3 is 0 Å². The van der Waals surface area contributed by atoms with Gasteiger partial charge < -0.3 is 30.1 Å². The largest absolute Gasteiger partial charge is 0.496 e. The fourth-order valence-electron chi connectivity index (χ4n) is 5.13. The van der Waals surface area contributed by atoms with Crippen LogP contribution in [0.5, 0.6) is 5.75 Å². The molecule has 0 aliphatic carbocycles. The van der Waals surface area contributed by atoms with E-state index in [4.69, 9.17) is 20.3 Å². The molecule has 3 aromatic rings. The molecule has 1 aromatic carbocycles. The van der Waals surface area contributed by atoms with Crippen molar-refractivity contribution in [1.82, 2.24) is 24.6 Å². The quantitative estimate of drug-likeness (QED) is 0.345. The molecule has 0 radical (unpaired) electrons. The Bertz CT molecular complexity index is 1200. The summed E-state index contributed by atoms with van der Waals surface area (Å²) in [5, 5.41) is 14.3. The number of nitrogens with zero attached hydrogens (tertiary/aromatic N) is 6. The Morgan fingerprint density at radius 3 is 2.66 bits per heavy atom. The second kappa shape index (κ2) is 13.2. The number of aromatic nitrogens is 4. The average molecular weight is 530 g/mol. The highest BCUT2D eigenvalue weighted by atomic mass is 19.1. The zero-order valence-electron chi connectivity index (χ0n) is 22.7. The Morgan fingerprint density at radius 2 is 1.97 bits per heavy atom. The van der Waals surface area contributed by atoms with Crippen LogP contribution in [-0.4, -0.2) is 89.9 Å². The van der Waals surface area contributed by atoms with Crippen LogP contribution in [0.4, 0.5) is 16.2 Å². The second-order valence-electron chi connectivity index (χ2n) is 9.82. The van der Waals surface area contributed by atoms with Crippen LogP contribution in [0.25, 0.3) is 11.0 Å². The summed E-state index contributed by atoms with van der Waals surface area (Å²) in [5.41, 5.74) is 8.54. The fourth-order valence-corrected chi connectivity index (χ4v) is 5.13. The van der Waals surface area contributed by atoms with Crippen molar-refractivity contribution in [3.63, 3.8) is 0 Å². The molecular formula is C27H40FN7O3. The van der Waals surface area contributed by atoms with Crippen molar-refractivity contribution >= 4 is 22.8 Å². The maximum atomic E-state index is 15.5. The molecule has 3 N–H and O–H groups in total. The average Bonchev–Trinajstić information content (AvgIpc) is 3.33. The van der Waals surface area contributed by atoms with Crippen LogP contribution in [0.1, 0.15) is 49.7 Å². The number of likely N-dealkylation sites (tertiary alicyclic amines) is 1. The fraction of sp³-hybridized carbons (Fsp3) is 0.593. The number of halogens is 1. The van der Waals surface area contributed by atoms with Crippen molar-refractivity contribution in [2.75, 3.05) is 70.8 Å². The molecule has 0 saturated carbocycles. The van der Waals surface area contributed by atoms with E-state index in [0.717, 1.165) is 57.5 Å². The minimum Gasteiger partial charge on any atom is -0.496 e. The topological polar surface area (TPSA) is 115 Å². The number of methoxy groups -OCH3 is 2. The highest BCUT2D eigenvalue weighted by molar-refractivity contribution is 5.86. The molecule has 0 unspecified atom stereocenters. The predicted molar refractivity (Wildman–Crippen MR) is 146 cm³/mol. The number of unbranched alkanes of at least 4 members (excludes halogenated alkanes) is 1. The lowest BCUT2D eigenvalue weighted by atomic mass is 9.88. The van der Waals surface area contributed by atoms with Crippen molar-refractivity contribution in [2.45, 2.75) is 45.1 Å². The molecule has 1 aliphatic rings. The number of anilines is 2. The normalized spacial score (nSPS) is 14.9. The van der Waals surface area contributed by atoms with Gasteiger partial charge in [0.15, 0.2) is 11.3 Å². The smallest absolute Gasteiger partial charge is 0.222 e. The Balaban J connectivity index is 1.57. The van der Waals surface area contributed by atoms with E-state index < -0.39 is 0 Å². The minimum absolute atomic E-state index is 0.0171. The van der Waals surface area contributed by atoms with Gasteiger partial charge in [-0.3, -0.25) is 4.68 Å². The molecule has 3 heterocycles. The Morgan fingerprint density at radius 1 is 1.18 bits per heavy atom. The Labute approximate surface area is 223 Å². The molecule has 38 heavy (non-hydrogen) atoms. The zero-order valence-corrected chi connectivity index (χ0v) is 22.7. The van der Waals surface area contributed by atoms with Crippen molar-refractivity contribution < 1.29 is 19.0 Å². The summed E-state index contributed by atoms with van der Waals surface area (Å²) in [6.07, 6.45) is 5.63. The van der Waals surface area contributed by atoms with E-state index in [9.17, 15) is 5.11 Å². The third-order valence-corrected chi connectivity index (χ3v) is 7.25. The molecule has 208 valence electrons. The lowest BCUT2D eigenvalue weighted by molar-refractivity contribution is 0.130. The molecule has 0 atom stereocenters. The van der Waals surface area contributed by atoms with Gasteiger partial charge in [-0.25, -0.2) is 9.37 Å². The predicted octanol–water partition coefficient (Wildman–Crippen LogP) is 3.03. The van der Waals surface area contributed by atoms with Gasteiger partial charge in [0.2, 0.25) is 5.95 Å². The van der Waals surface area contributed by atoms with Gasteiger partial charge in [-0.15, -0.1) is 0 Å². The van der Waals surface area contributed by atoms with E-state index in [1.807, 2.05) is 11.0 Å². The molecule has 1 fully saturated rings. The van der Waals surface area contributed by atoms with Gasteiger partial charge in [0.05, 0.1) is 38.6 Å². The van der Waals surface area contributed by atoms with Gasteiger partial charge in [0.1, 0.15) is 17.1 Å². The number of hydrogen-bond acceptors (Lipinski definition) is 9. The van der Waals surface area contributed by atoms with Gasteiger partial charge in [0, 0.05) is 26.7 Å². The minimum atomic E-state index is -0.309. The van der Waals surface area contributed by atoms with Crippen LogP contribution < -0.4 is 15.4 Å². The van der Waals surface area contributed by atoms with Gasteiger partial charge in [-0.1, -0.05) is 13.3 Å². The summed E-state index contributed by atoms with van der Waals surface area (Å²) in [4.78, 5) is 13.1. The van der Waals surface area contributed by atoms with Crippen LogP contribution in [0, 0.1) is 5.82 Å². The van der Waals surface area contributed by atoms with E-state index in [0.29, 0.717) is 47.2 Å². The number of ether oxygens (including phenoxy) is 2. The zero-order chi connectivity index (χ0) is 27.1. The summed E-state index contributed by atoms with van der Waals surface area (Å²) in [7, 11) is 3.29. The summed E-state index contributed by atoms with van der Waals surface area (Å²) < 4.78 is 28.0. The standard InChI is InChI=1S/C27H40FN7O3/c1-4-5-8-34(11-13-36)26-25-23(30-27(29)31-26)18-35(32-25)17-21-22(28)15-20(16-24(21)38-3)19-6-9-33(10-7-19)12-14-37-2/h15-16,18-19,36H,4-14,17H2,1-3H3,(H2,29,30). The lowest BCUT2D eigenvalue weighted by Crippen LogP contribution is -2.35. The maximum absolute atomic E-state index is 15.5. The van der Waals surface area contributed by atoms with Gasteiger partial charge in [-0.05, 0) is 56.0 Å². The van der Waals surface area contributed by atoms with Crippen LogP contribution in [0.2, 0.25) is 0 Å². The van der Waals surface area contributed by atoms with E-state index in [1.165, 1.54) is 0 Å². The third-order valence-electron chi connectivity index (χ3n) is 7.25. The Kier molecular flexibility index (Phi) is 9.70. The first-order valence-corrected chi connectivity index (χ1v) is 13.4. The van der Waals surface area contributed by atoms with Crippen molar-refractivity contribution in [2.24, 2.45) is 0 Å². The molecule has 2 aromatic heterocycles. The van der Waals surface area contributed by atoms with Crippen molar-refractivity contribution in [3.05, 3.63) is 35.3 Å². The SMILES string of the molecule is CCCCN(CCO)c1nc(N)nc2cn(Cc3c(F)cc(C4CCN(CCOC)CC4)cc3OC)nc12. The number of aliphatic hydroxyl groups excluding tert-OH is 1. The second-order valence-corrected chi connectivity index (χ2v) is 9.82. The summed E-state index contributed by atoms with van der Waals surface area (Å²) in [6.45, 7) is 6.98. The van der Waals surface area contributed by atoms with E-state index in [1.54, 1.807) is 31.2 Å². The van der Waals surface area contributed by atoms with Crippen LogP contribution in [0.15, 0.2) is 18.3 Å². The number of nitrogen functional groups attached to an aromatic ring is 1. The monoisotopic (exact) mass is 529 g/mol. The summed E-state index contributed by atoms with van der Waals surface area (Å²) in [5.74, 6) is 1.20. The third kappa shape index (κ3) is 6.51. The van der Waals surface area contributed by atoms with E-state index in [2.05, 4.69) is 21.8 Å².